The summed E-state index contributed by atoms with van der Waals surface area (Å²) in [5.74, 6) is 0.226. The molecular formula is C27H36N6O5S. The van der Waals surface area contributed by atoms with Crippen molar-refractivity contribution in [2.75, 3.05) is 25.0 Å². The van der Waals surface area contributed by atoms with Crippen molar-refractivity contribution < 1.29 is 22.7 Å². The lowest BCUT2D eigenvalue weighted by Crippen LogP contribution is -2.55. The molecule has 1 aromatic carbocycles. The normalized spacial score (nSPS) is 18.6. The van der Waals surface area contributed by atoms with Crippen LogP contribution in [0.25, 0.3) is 10.9 Å². The number of amides is 1. The van der Waals surface area contributed by atoms with Gasteiger partial charge in [-0.15, -0.1) is 0 Å². The van der Waals surface area contributed by atoms with Gasteiger partial charge in [0.05, 0.1) is 16.5 Å². The summed E-state index contributed by atoms with van der Waals surface area (Å²) in [4.78, 5) is 38.5. The third-order valence-electron chi connectivity index (χ3n) is 6.90. The maximum atomic E-state index is 13.9. The summed E-state index contributed by atoms with van der Waals surface area (Å²) < 4.78 is 35.0. The summed E-state index contributed by atoms with van der Waals surface area (Å²) >= 11 is 0. The summed E-state index contributed by atoms with van der Waals surface area (Å²) in [6.45, 7) is 6.37. The lowest BCUT2D eigenvalue weighted by molar-refractivity contribution is -0.148. The molecule has 2 unspecified atom stereocenters. The standard InChI is InChI=1S/C27H36N6O5S/c1-18-8-12-33(22(14-18)17-38-20(3)34)26(35)25(5-4-9-28-27-29-10-11-30-27)32-39(36,37)23-6-7-24-21(15-23)13-19(2)16-31-24/h6-7,10-11,13,15-16,18,22,25,32H,4-5,8-9,12,14,17H2,1-3H3,(H2,28,29,30)/t18?,22?,25-/m0/s1. The summed E-state index contributed by atoms with van der Waals surface area (Å²) in [5, 5.41) is 3.84. The van der Waals surface area contributed by atoms with E-state index in [4.69, 9.17) is 4.74 Å². The van der Waals surface area contributed by atoms with Gasteiger partial charge in [-0.05, 0) is 68.4 Å². The van der Waals surface area contributed by atoms with Crippen molar-refractivity contribution in [3.63, 3.8) is 0 Å². The molecule has 1 aliphatic heterocycles. The van der Waals surface area contributed by atoms with Crippen molar-refractivity contribution >= 4 is 38.8 Å². The number of piperidine rings is 1. The molecule has 11 nitrogen and oxygen atoms in total. The van der Waals surface area contributed by atoms with Gasteiger partial charge in [-0.2, -0.15) is 4.72 Å². The van der Waals surface area contributed by atoms with Crippen molar-refractivity contribution in [3.8, 4) is 0 Å². The highest BCUT2D eigenvalue weighted by Crippen LogP contribution is 2.25. The molecule has 3 atom stereocenters. The second-order valence-corrected chi connectivity index (χ2v) is 11.9. The largest absolute Gasteiger partial charge is 0.464 e. The quantitative estimate of drug-likeness (QED) is 0.241. The highest BCUT2D eigenvalue weighted by Gasteiger charge is 2.36. The Hall–Kier alpha value is -3.51. The van der Waals surface area contributed by atoms with Gasteiger partial charge in [0.15, 0.2) is 5.95 Å². The number of pyridine rings is 1. The van der Waals surface area contributed by atoms with Gasteiger partial charge < -0.3 is 19.9 Å². The number of ether oxygens (including phenoxy) is 1. The fourth-order valence-electron chi connectivity index (χ4n) is 4.86. The van der Waals surface area contributed by atoms with Crippen LogP contribution in [-0.2, 0) is 24.3 Å². The number of carbonyl (C=O) groups excluding carboxylic acids is 2. The van der Waals surface area contributed by atoms with Crippen molar-refractivity contribution in [3.05, 3.63) is 48.4 Å². The van der Waals surface area contributed by atoms with Crippen LogP contribution in [-0.4, -0.2) is 71.9 Å². The summed E-state index contributed by atoms with van der Waals surface area (Å²) in [6, 6.07) is 5.30. The average Bonchev–Trinajstić information content (AvgIpc) is 3.42. The average molecular weight is 557 g/mol. The van der Waals surface area contributed by atoms with Crippen LogP contribution >= 0.6 is 0 Å². The summed E-state index contributed by atoms with van der Waals surface area (Å²) in [6.07, 6.45) is 7.31. The molecule has 3 heterocycles. The van der Waals surface area contributed by atoms with Crippen LogP contribution in [0.5, 0.6) is 0 Å². The number of hydrogen-bond donors (Lipinski definition) is 3. The Morgan fingerprint density at radius 2 is 2.08 bits per heavy atom. The van der Waals surface area contributed by atoms with E-state index in [1.807, 2.05) is 13.0 Å². The lowest BCUT2D eigenvalue weighted by Gasteiger charge is -2.40. The van der Waals surface area contributed by atoms with Crippen LogP contribution in [0, 0.1) is 12.8 Å². The number of sulfonamides is 1. The molecule has 0 aliphatic carbocycles. The van der Waals surface area contributed by atoms with E-state index in [9.17, 15) is 18.0 Å². The zero-order chi connectivity index (χ0) is 28.0. The van der Waals surface area contributed by atoms with Crippen LogP contribution in [0.1, 0.15) is 45.1 Å². The van der Waals surface area contributed by atoms with Gasteiger partial charge >= 0.3 is 5.97 Å². The monoisotopic (exact) mass is 556 g/mol. The van der Waals surface area contributed by atoms with Gasteiger partial charge in [0.2, 0.25) is 15.9 Å². The first kappa shape index (κ1) is 28.5. The number of likely N-dealkylation sites (tertiary alicyclic amines) is 1. The number of anilines is 1. The van der Waals surface area contributed by atoms with Crippen LogP contribution in [0.15, 0.2) is 47.8 Å². The van der Waals surface area contributed by atoms with Crippen molar-refractivity contribution in [2.24, 2.45) is 5.92 Å². The molecule has 39 heavy (non-hydrogen) atoms. The highest BCUT2D eigenvalue weighted by molar-refractivity contribution is 7.89. The van der Waals surface area contributed by atoms with Gasteiger partial charge in [0.25, 0.3) is 0 Å². The van der Waals surface area contributed by atoms with E-state index in [0.29, 0.717) is 48.7 Å². The van der Waals surface area contributed by atoms with E-state index >= 15 is 0 Å². The number of fused-ring (bicyclic) bond motifs is 1. The Balaban J connectivity index is 1.55. The second-order valence-electron chi connectivity index (χ2n) is 10.2. The third kappa shape index (κ3) is 7.54. The number of hydrogen-bond acceptors (Lipinski definition) is 8. The number of imidazole rings is 1. The topological polar surface area (TPSA) is 146 Å². The first-order valence-corrected chi connectivity index (χ1v) is 14.7. The number of rotatable bonds is 11. The minimum absolute atomic E-state index is 0.0673. The number of esters is 1. The second kappa shape index (κ2) is 12.6. The first-order chi connectivity index (χ1) is 18.6. The SMILES string of the molecule is CC(=O)OCC1CC(C)CCN1C(=O)[C@H](CCCNc1ncc[nH]1)NS(=O)(=O)c1ccc2ncc(C)cc2c1. The first-order valence-electron chi connectivity index (χ1n) is 13.2. The Morgan fingerprint density at radius 3 is 2.82 bits per heavy atom. The molecule has 1 saturated heterocycles. The molecule has 12 heteroatoms. The zero-order valence-corrected chi connectivity index (χ0v) is 23.3. The molecular weight excluding hydrogens is 520 g/mol. The van der Waals surface area contributed by atoms with E-state index in [-0.39, 0.29) is 29.9 Å². The van der Waals surface area contributed by atoms with Crippen molar-refractivity contribution in [1.82, 2.24) is 24.6 Å². The van der Waals surface area contributed by atoms with Crippen molar-refractivity contribution in [1.29, 1.82) is 0 Å². The van der Waals surface area contributed by atoms with Crippen molar-refractivity contribution in [2.45, 2.75) is 63.4 Å². The fraction of sp³-hybridized carbons (Fsp3) is 0.481. The number of aromatic amines is 1. The third-order valence-corrected chi connectivity index (χ3v) is 8.36. The smallest absolute Gasteiger partial charge is 0.302 e. The minimum atomic E-state index is -4.03. The molecule has 3 aromatic rings. The number of aromatic nitrogens is 3. The highest BCUT2D eigenvalue weighted by atomic mass is 32.2. The summed E-state index contributed by atoms with van der Waals surface area (Å²) in [5.41, 5.74) is 1.60. The van der Waals surface area contributed by atoms with Gasteiger partial charge in [-0.1, -0.05) is 6.92 Å². The van der Waals surface area contributed by atoms with Gasteiger partial charge in [0.1, 0.15) is 12.6 Å². The molecule has 1 amide bonds. The predicted octanol–water partition coefficient (Wildman–Crippen LogP) is 3.00. The molecule has 3 N–H and O–H groups in total. The van der Waals surface area contributed by atoms with E-state index in [0.717, 1.165) is 12.0 Å². The number of nitrogens with one attached hydrogen (secondary N) is 3. The number of aryl methyl sites for hydroxylation is 1. The molecule has 0 bridgehead atoms. The van der Waals surface area contributed by atoms with Crippen LogP contribution in [0.2, 0.25) is 0 Å². The van der Waals surface area contributed by atoms with E-state index in [1.165, 1.54) is 13.0 Å². The predicted molar refractivity (Wildman–Crippen MR) is 147 cm³/mol. The molecule has 210 valence electrons. The Morgan fingerprint density at radius 1 is 1.26 bits per heavy atom. The van der Waals surface area contributed by atoms with E-state index < -0.39 is 22.0 Å². The molecule has 0 saturated carbocycles. The fourth-order valence-corrected chi connectivity index (χ4v) is 6.12. The molecule has 0 spiro atoms. The zero-order valence-electron chi connectivity index (χ0n) is 22.5. The molecule has 0 radical (unpaired) electrons. The van der Waals surface area contributed by atoms with Crippen LogP contribution in [0.3, 0.4) is 0 Å². The van der Waals surface area contributed by atoms with Gasteiger partial charge in [-0.25, -0.2) is 13.4 Å². The lowest BCUT2D eigenvalue weighted by atomic mass is 9.92. The number of carbonyl (C=O) groups is 2. The maximum absolute atomic E-state index is 13.9. The van der Waals surface area contributed by atoms with E-state index in [1.54, 1.807) is 35.6 Å². The molecule has 1 aliphatic rings. The molecule has 4 rings (SSSR count). The molecule has 1 fully saturated rings. The van der Waals surface area contributed by atoms with Crippen LogP contribution in [0.4, 0.5) is 5.95 Å². The Labute approximate surface area is 228 Å². The Kier molecular flexibility index (Phi) is 9.18. The van der Waals surface area contributed by atoms with Crippen LogP contribution < -0.4 is 10.0 Å². The van der Waals surface area contributed by atoms with Gasteiger partial charge in [0, 0.05) is 44.0 Å². The number of benzene rings is 1. The maximum Gasteiger partial charge on any atom is 0.302 e. The van der Waals surface area contributed by atoms with E-state index in [2.05, 4.69) is 31.9 Å². The Bertz CT molecular complexity index is 1390. The molecule has 2 aromatic heterocycles. The minimum Gasteiger partial charge on any atom is -0.464 e. The number of H-pyrrole nitrogens is 1. The summed E-state index contributed by atoms with van der Waals surface area (Å²) in [7, 11) is -4.03. The number of nitrogens with zero attached hydrogens (tertiary/aromatic N) is 3. The van der Waals surface area contributed by atoms with Gasteiger partial charge in [-0.3, -0.25) is 14.6 Å².